The van der Waals surface area contributed by atoms with Gasteiger partial charge in [0.25, 0.3) is 5.69 Å². The van der Waals surface area contributed by atoms with Crippen molar-refractivity contribution in [1.29, 1.82) is 0 Å². The molecule has 0 amide bonds. The van der Waals surface area contributed by atoms with Crippen LogP contribution >= 0.6 is 0 Å². The lowest BCUT2D eigenvalue weighted by molar-refractivity contribution is -1.03. The molecule has 0 fully saturated rings. The highest BCUT2D eigenvalue weighted by Crippen LogP contribution is 2.17. The Bertz CT molecular complexity index is 596. The van der Waals surface area contributed by atoms with Crippen LogP contribution in [0.25, 0.3) is 0 Å². The van der Waals surface area contributed by atoms with Crippen molar-refractivity contribution in [3.05, 3.63) is 42.1 Å². The summed E-state index contributed by atoms with van der Waals surface area (Å²) in [5.74, 6) is -0.0501. The van der Waals surface area contributed by atoms with Crippen LogP contribution in [0, 0.1) is 0 Å². The molecule has 2 rings (SSSR count). The molecule has 2 aromatic rings. The van der Waals surface area contributed by atoms with Gasteiger partial charge in [0.05, 0.1) is 0 Å². The highest BCUT2D eigenvalue weighted by Gasteiger charge is 2.35. The van der Waals surface area contributed by atoms with Gasteiger partial charge in [0.1, 0.15) is 12.0 Å². The van der Waals surface area contributed by atoms with E-state index in [0.717, 1.165) is 11.2 Å². The lowest BCUT2D eigenvalue weighted by Gasteiger charge is -1.97. The largest absolute Gasteiger partial charge is 0.364 e. The molecule has 1 aromatic carbocycles. The second-order valence-electron chi connectivity index (χ2n) is 4.38. The number of nitrogens with zero attached hydrogens (tertiary/aromatic N) is 2. The van der Waals surface area contributed by atoms with Gasteiger partial charge in [-0.05, 0) is 4.63 Å². The van der Waals surface area contributed by atoms with E-state index in [2.05, 4.69) is 5.16 Å². The Morgan fingerprint density at radius 1 is 1.09 bits per heavy atom. The van der Waals surface area contributed by atoms with Crippen LogP contribution in [-0.4, -0.2) is 26.9 Å². The van der Waals surface area contributed by atoms with Crippen LogP contribution in [-0.2, 0) is 9.84 Å². The maximum Gasteiger partial charge on any atom is 0.364 e. The molecule has 22 heavy (non-hydrogen) atoms. The van der Waals surface area contributed by atoms with Crippen LogP contribution in [0.2, 0.25) is 0 Å². The van der Waals surface area contributed by atoms with Gasteiger partial charge >= 0.3 is 5.03 Å². The fourth-order valence-corrected chi connectivity index (χ4v) is 2.33. The van der Waals surface area contributed by atoms with Crippen molar-refractivity contribution in [2.75, 3.05) is 13.4 Å². The van der Waals surface area contributed by atoms with Crippen LogP contribution in [0.3, 0.4) is 0 Å². The third kappa shape index (κ3) is 6.26. The molecule has 0 atom stereocenters. The number of aromatic nitrogens is 2. The van der Waals surface area contributed by atoms with E-state index in [4.69, 9.17) is 9.47 Å². The second-order valence-corrected chi connectivity index (χ2v) is 6.32. The summed E-state index contributed by atoms with van der Waals surface area (Å²) >= 11 is 0. The molecule has 124 valence electrons. The quantitative estimate of drug-likeness (QED) is 0.863. The van der Waals surface area contributed by atoms with Crippen molar-refractivity contribution in [2.24, 2.45) is 0 Å². The zero-order valence-electron chi connectivity index (χ0n) is 14.0. The molecule has 0 saturated heterocycles. The minimum Gasteiger partial charge on any atom is -0.305 e. The van der Waals surface area contributed by atoms with Crippen molar-refractivity contribution in [1.82, 2.24) is 5.16 Å². The Hall–Kier alpha value is -1.89. The topological polar surface area (TPSA) is 73.3 Å². The molecule has 1 aromatic heterocycles. The number of hydrogen-bond acceptors (Lipinski definition) is 5. The Labute approximate surface area is 132 Å². The number of sulfone groups is 1. The number of rotatable bonds is 3. The maximum atomic E-state index is 11.3. The molecule has 0 aliphatic rings. The third-order valence-corrected chi connectivity index (χ3v) is 3.33. The van der Waals surface area contributed by atoms with Crippen molar-refractivity contribution in [3.63, 3.8) is 0 Å². The van der Waals surface area contributed by atoms with E-state index in [9.17, 15) is 8.42 Å². The summed E-state index contributed by atoms with van der Waals surface area (Å²) in [4.78, 5) is 5.81. The van der Waals surface area contributed by atoms with Crippen molar-refractivity contribution >= 4 is 9.84 Å². The minimum atomic E-state index is -3.37. The standard InChI is InChI=1S/C7H13N2O4S.C6H6.C2H6/c1-5(2)6-7(14(4,10)11)8-13-9(6)12-3;1-2-4-6-5-3-1;1-2/h5H,1-4H3;1-6H;1-2H3/q+1;;. The van der Waals surface area contributed by atoms with E-state index in [1.54, 1.807) is 0 Å². The maximum absolute atomic E-state index is 11.3. The van der Waals surface area contributed by atoms with Crippen LogP contribution in [0.1, 0.15) is 39.3 Å². The number of benzene rings is 1. The summed E-state index contributed by atoms with van der Waals surface area (Å²) in [6, 6.07) is 12.0. The van der Waals surface area contributed by atoms with Gasteiger partial charge in [-0.2, -0.15) is 0 Å². The molecule has 1 heterocycles. The Kier molecular flexibility index (Phi) is 9.09. The normalized spacial score (nSPS) is 10.1. The summed E-state index contributed by atoms with van der Waals surface area (Å²) in [6.45, 7) is 7.66. The zero-order valence-corrected chi connectivity index (χ0v) is 14.8. The molecule has 7 heteroatoms. The van der Waals surface area contributed by atoms with Gasteiger partial charge in [-0.3, -0.25) is 0 Å². The summed E-state index contributed by atoms with van der Waals surface area (Å²) in [7, 11) is -2.00. The first kappa shape index (κ1) is 20.1. The molecular weight excluding hydrogens is 304 g/mol. The van der Waals surface area contributed by atoms with Crippen LogP contribution < -0.4 is 9.74 Å². The first-order chi connectivity index (χ1) is 10.4. The minimum absolute atomic E-state index is 0.0501. The first-order valence-corrected chi connectivity index (χ1v) is 8.93. The molecule has 0 bridgehead atoms. The van der Waals surface area contributed by atoms with Gasteiger partial charge in [-0.25, -0.2) is 8.42 Å². The summed E-state index contributed by atoms with van der Waals surface area (Å²) in [5.41, 5.74) is 0.412. The first-order valence-electron chi connectivity index (χ1n) is 7.04. The van der Waals surface area contributed by atoms with Crippen molar-refractivity contribution in [2.45, 2.75) is 38.6 Å². The molecule has 6 nitrogen and oxygen atoms in total. The average molecular weight is 329 g/mol. The predicted octanol–water partition coefficient (Wildman–Crippen LogP) is 2.26. The van der Waals surface area contributed by atoms with Crippen LogP contribution in [0.4, 0.5) is 0 Å². The molecule has 0 radical (unpaired) electrons. The number of hydrogen-bond donors (Lipinski definition) is 0. The summed E-state index contributed by atoms with van der Waals surface area (Å²) < 4.78 is 27.3. The van der Waals surface area contributed by atoms with E-state index >= 15 is 0 Å². The molecular formula is C15H25N2O4S+. The fraction of sp³-hybridized carbons (Fsp3) is 0.467. The van der Waals surface area contributed by atoms with Crippen molar-refractivity contribution < 1.29 is 22.8 Å². The van der Waals surface area contributed by atoms with Gasteiger partial charge in [-0.1, -0.05) is 64.1 Å². The van der Waals surface area contributed by atoms with Crippen molar-refractivity contribution in [3.8, 4) is 0 Å². The van der Waals surface area contributed by atoms with E-state index in [1.165, 1.54) is 7.11 Å². The predicted molar refractivity (Wildman–Crippen MR) is 84.2 cm³/mol. The monoisotopic (exact) mass is 329 g/mol. The molecule has 0 unspecified atom stereocenters. The lowest BCUT2D eigenvalue weighted by Crippen LogP contribution is -2.43. The van der Waals surface area contributed by atoms with Gasteiger partial charge in [-0.15, -0.1) is 0 Å². The molecule has 0 spiro atoms. The SMILES string of the molecule is CC.CO[n+]1onc(S(C)(=O)=O)c1C(C)C.c1ccccc1. The third-order valence-electron chi connectivity index (χ3n) is 2.34. The van der Waals surface area contributed by atoms with Gasteiger partial charge < -0.3 is 4.84 Å². The van der Waals surface area contributed by atoms with Gasteiger partial charge in [0, 0.05) is 12.2 Å². The van der Waals surface area contributed by atoms with E-state index in [-0.39, 0.29) is 10.9 Å². The lowest BCUT2D eigenvalue weighted by atomic mass is 10.2. The van der Waals surface area contributed by atoms with Crippen LogP contribution in [0.5, 0.6) is 0 Å². The zero-order chi connectivity index (χ0) is 17.2. The van der Waals surface area contributed by atoms with Crippen LogP contribution in [0.15, 0.2) is 46.1 Å². The van der Waals surface area contributed by atoms with E-state index < -0.39 is 9.84 Å². The summed E-state index contributed by atoms with van der Waals surface area (Å²) in [5, 5.41) is 3.38. The van der Waals surface area contributed by atoms with E-state index in [1.807, 2.05) is 64.1 Å². The Morgan fingerprint density at radius 2 is 1.50 bits per heavy atom. The smallest absolute Gasteiger partial charge is 0.305 e. The van der Waals surface area contributed by atoms with Gasteiger partial charge in [0.15, 0.2) is 5.16 Å². The molecule has 0 N–H and O–H groups in total. The molecule has 0 aliphatic heterocycles. The molecule has 0 saturated carbocycles. The Morgan fingerprint density at radius 3 is 1.77 bits per heavy atom. The average Bonchev–Trinajstić information content (AvgIpc) is 2.96. The highest BCUT2D eigenvalue weighted by molar-refractivity contribution is 7.90. The fourth-order valence-electron chi connectivity index (χ4n) is 1.47. The van der Waals surface area contributed by atoms with Gasteiger partial charge in [0.2, 0.25) is 9.84 Å². The second kappa shape index (κ2) is 9.94. The molecule has 0 aliphatic carbocycles. The van der Waals surface area contributed by atoms with E-state index in [0.29, 0.717) is 5.69 Å². The summed E-state index contributed by atoms with van der Waals surface area (Å²) in [6.07, 6.45) is 1.08. The Balaban J connectivity index is 0.000000457. The highest BCUT2D eigenvalue weighted by atomic mass is 32.2.